The molecule has 1 rings (SSSR count). The minimum atomic E-state index is -4.65. The summed E-state index contributed by atoms with van der Waals surface area (Å²) >= 11 is 0. The standard InChI is InChI=1S/C9H6F6N2O/c10-4-1-5(11)7(12)6(2-4)17-8(18)16-3-9(13,14)15/h1-2H,3H2,(H2,16,17,18). The number of rotatable bonds is 2. The van der Waals surface area contributed by atoms with Crippen LogP contribution in [0.15, 0.2) is 12.1 Å². The molecule has 0 spiro atoms. The molecule has 0 aromatic heterocycles. The van der Waals surface area contributed by atoms with E-state index in [-0.39, 0.29) is 6.07 Å². The average Bonchev–Trinajstić information content (AvgIpc) is 2.21. The molecule has 100 valence electrons. The first-order chi connectivity index (χ1) is 8.19. The molecule has 0 unspecified atom stereocenters. The number of carbonyl (C=O) groups is 1. The molecule has 0 aliphatic heterocycles. The molecule has 0 fully saturated rings. The summed E-state index contributed by atoms with van der Waals surface area (Å²) < 4.78 is 73.6. The van der Waals surface area contributed by atoms with Gasteiger partial charge < -0.3 is 10.6 Å². The lowest BCUT2D eigenvalue weighted by atomic mass is 10.3. The van der Waals surface area contributed by atoms with Crippen molar-refractivity contribution >= 4 is 11.7 Å². The first-order valence-corrected chi connectivity index (χ1v) is 4.45. The fourth-order valence-electron chi connectivity index (χ4n) is 0.994. The van der Waals surface area contributed by atoms with Crippen LogP contribution in [-0.2, 0) is 0 Å². The molecule has 0 bridgehead atoms. The van der Waals surface area contributed by atoms with Crippen molar-refractivity contribution in [1.82, 2.24) is 5.32 Å². The summed E-state index contributed by atoms with van der Waals surface area (Å²) in [5.74, 6) is -4.32. The number of halogens is 6. The quantitative estimate of drug-likeness (QED) is 0.630. The Hall–Kier alpha value is -1.93. The van der Waals surface area contributed by atoms with Gasteiger partial charge in [-0.2, -0.15) is 13.2 Å². The summed E-state index contributed by atoms with van der Waals surface area (Å²) in [4.78, 5) is 10.9. The predicted molar refractivity (Wildman–Crippen MR) is 49.4 cm³/mol. The zero-order valence-corrected chi connectivity index (χ0v) is 8.54. The van der Waals surface area contributed by atoms with Crippen LogP contribution < -0.4 is 10.6 Å². The Kier molecular flexibility index (Phi) is 4.04. The molecule has 0 atom stereocenters. The lowest BCUT2D eigenvalue weighted by Gasteiger charge is -2.10. The van der Waals surface area contributed by atoms with E-state index in [0.717, 1.165) is 0 Å². The van der Waals surface area contributed by atoms with Crippen LogP contribution >= 0.6 is 0 Å². The zero-order chi connectivity index (χ0) is 13.9. The lowest BCUT2D eigenvalue weighted by Crippen LogP contribution is -2.36. The predicted octanol–water partition coefficient (Wildman–Crippen LogP) is 2.79. The minimum absolute atomic E-state index is 0.230. The average molecular weight is 272 g/mol. The Labute approximate surface area is 96.8 Å². The number of benzene rings is 1. The molecule has 9 heteroatoms. The minimum Gasteiger partial charge on any atom is -0.329 e. The topological polar surface area (TPSA) is 41.1 Å². The fourth-order valence-corrected chi connectivity index (χ4v) is 0.994. The fraction of sp³-hybridized carbons (Fsp3) is 0.222. The number of carbonyl (C=O) groups excluding carboxylic acids is 1. The molecule has 2 N–H and O–H groups in total. The van der Waals surface area contributed by atoms with Crippen LogP contribution in [0.5, 0.6) is 0 Å². The molecular formula is C9H6F6N2O. The first-order valence-electron chi connectivity index (χ1n) is 4.45. The van der Waals surface area contributed by atoms with Crippen molar-refractivity contribution < 1.29 is 31.1 Å². The van der Waals surface area contributed by atoms with Gasteiger partial charge in [0, 0.05) is 12.1 Å². The molecule has 0 radical (unpaired) electrons. The van der Waals surface area contributed by atoms with Gasteiger partial charge in [0.25, 0.3) is 0 Å². The van der Waals surface area contributed by atoms with E-state index in [0.29, 0.717) is 6.07 Å². The Bertz CT molecular complexity index is 459. The third-order valence-electron chi connectivity index (χ3n) is 1.69. The van der Waals surface area contributed by atoms with Gasteiger partial charge in [0.05, 0.1) is 5.69 Å². The summed E-state index contributed by atoms with van der Waals surface area (Å²) in [5.41, 5.74) is -0.896. The van der Waals surface area contributed by atoms with E-state index >= 15 is 0 Å². The van der Waals surface area contributed by atoms with E-state index in [1.807, 2.05) is 0 Å². The van der Waals surface area contributed by atoms with Gasteiger partial charge in [-0.15, -0.1) is 0 Å². The van der Waals surface area contributed by atoms with E-state index in [1.54, 1.807) is 5.32 Å². The maximum Gasteiger partial charge on any atom is 0.405 e. The molecule has 0 saturated heterocycles. The van der Waals surface area contributed by atoms with Gasteiger partial charge in [0.2, 0.25) is 0 Å². The maximum atomic E-state index is 13.0. The Morgan fingerprint density at radius 2 is 1.78 bits per heavy atom. The van der Waals surface area contributed by atoms with Crippen LogP contribution in [-0.4, -0.2) is 18.8 Å². The summed E-state index contributed by atoms with van der Waals surface area (Å²) in [6.45, 7) is -1.65. The molecule has 18 heavy (non-hydrogen) atoms. The lowest BCUT2D eigenvalue weighted by molar-refractivity contribution is -0.122. The van der Waals surface area contributed by atoms with Crippen molar-refractivity contribution in [2.45, 2.75) is 6.18 Å². The van der Waals surface area contributed by atoms with Crippen molar-refractivity contribution in [2.24, 2.45) is 0 Å². The monoisotopic (exact) mass is 272 g/mol. The van der Waals surface area contributed by atoms with Gasteiger partial charge in [-0.05, 0) is 0 Å². The van der Waals surface area contributed by atoms with Crippen LogP contribution in [0.1, 0.15) is 0 Å². The van der Waals surface area contributed by atoms with Gasteiger partial charge in [-0.1, -0.05) is 0 Å². The van der Waals surface area contributed by atoms with Crippen molar-refractivity contribution in [3.8, 4) is 0 Å². The van der Waals surface area contributed by atoms with Crippen molar-refractivity contribution in [2.75, 3.05) is 11.9 Å². The SMILES string of the molecule is O=C(NCC(F)(F)F)Nc1cc(F)cc(F)c1F. The Balaban J connectivity index is 2.71. The van der Waals surface area contributed by atoms with Crippen LogP contribution in [0.25, 0.3) is 0 Å². The highest BCUT2D eigenvalue weighted by atomic mass is 19.4. The van der Waals surface area contributed by atoms with E-state index in [2.05, 4.69) is 0 Å². The van der Waals surface area contributed by atoms with E-state index in [1.165, 1.54) is 5.32 Å². The summed E-state index contributed by atoms with van der Waals surface area (Å²) in [6.07, 6.45) is -4.65. The second-order valence-electron chi connectivity index (χ2n) is 3.17. The highest BCUT2D eigenvalue weighted by Crippen LogP contribution is 2.19. The molecule has 0 saturated carbocycles. The van der Waals surface area contributed by atoms with Gasteiger partial charge in [-0.25, -0.2) is 18.0 Å². The number of nitrogens with one attached hydrogen (secondary N) is 2. The van der Waals surface area contributed by atoms with Gasteiger partial charge in [0.1, 0.15) is 12.4 Å². The molecular weight excluding hydrogens is 266 g/mol. The number of hydrogen-bond acceptors (Lipinski definition) is 1. The summed E-state index contributed by atoms with van der Waals surface area (Å²) in [7, 11) is 0. The Morgan fingerprint density at radius 3 is 2.33 bits per heavy atom. The summed E-state index contributed by atoms with van der Waals surface area (Å²) in [5, 5.41) is 2.91. The van der Waals surface area contributed by atoms with E-state index in [9.17, 15) is 31.1 Å². The second-order valence-corrected chi connectivity index (χ2v) is 3.17. The molecule has 0 aliphatic rings. The van der Waals surface area contributed by atoms with Gasteiger partial charge in [-0.3, -0.25) is 0 Å². The molecule has 0 heterocycles. The van der Waals surface area contributed by atoms with Crippen LogP contribution in [0.2, 0.25) is 0 Å². The molecule has 1 aromatic carbocycles. The van der Waals surface area contributed by atoms with Crippen LogP contribution in [0, 0.1) is 17.5 Å². The normalized spacial score (nSPS) is 11.2. The largest absolute Gasteiger partial charge is 0.405 e. The highest BCUT2D eigenvalue weighted by molar-refractivity contribution is 5.89. The number of anilines is 1. The van der Waals surface area contributed by atoms with E-state index < -0.39 is 41.9 Å². The maximum absolute atomic E-state index is 13.0. The van der Waals surface area contributed by atoms with Crippen molar-refractivity contribution in [1.29, 1.82) is 0 Å². The number of urea groups is 1. The smallest absolute Gasteiger partial charge is 0.329 e. The van der Waals surface area contributed by atoms with Crippen molar-refractivity contribution in [3.63, 3.8) is 0 Å². The molecule has 3 nitrogen and oxygen atoms in total. The Morgan fingerprint density at radius 1 is 1.17 bits per heavy atom. The molecule has 1 aromatic rings. The summed E-state index contributed by atoms with van der Waals surface area (Å²) in [6, 6.07) is -0.768. The number of amides is 2. The van der Waals surface area contributed by atoms with E-state index in [4.69, 9.17) is 0 Å². The zero-order valence-electron chi connectivity index (χ0n) is 8.54. The third kappa shape index (κ3) is 4.15. The van der Waals surface area contributed by atoms with Crippen LogP contribution in [0.4, 0.5) is 36.8 Å². The first kappa shape index (κ1) is 14.1. The second kappa shape index (κ2) is 5.15. The third-order valence-corrected chi connectivity index (χ3v) is 1.69. The van der Waals surface area contributed by atoms with Gasteiger partial charge >= 0.3 is 12.2 Å². The number of alkyl halides is 3. The molecule has 2 amide bonds. The van der Waals surface area contributed by atoms with Gasteiger partial charge in [0.15, 0.2) is 11.6 Å². The highest BCUT2D eigenvalue weighted by Gasteiger charge is 2.27. The van der Waals surface area contributed by atoms with Crippen molar-refractivity contribution in [3.05, 3.63) is 29.6 Å². The van der Waals surface area contributed by atoms with Crippen LogP contribution in [0.3, 0.4) is 0 Å². The molecule has 0 aliphatic carbocycles. The number of hydrogen-bond donors (Lipinski definition) is 2.